The van der Waals surface area contributed by atoms with Crippen molar-refractivity contribution in [3.63, 3.8) is 0 Å². The third-order valence-corrected chi connectivity index (χ3v) is 6.72. The molecule has 1 aromatic carbocycles. The van der Waals surface area contributed by atoms with E-state index >= 15 is 0 Å². The van der Waals surface area contributed by atoms with Gasteiger partial charge in [0.15, 0.2) is 0 Å². The number of halogens is 5. The molecule has 3 heterocycles. The normalized spacial score (nSPS) is 18.5. The summed E-state index contributed by atoms with van der Waals surface area (Å²) in [5.74, 6) is -2.22. The standard InChI is InChI=1S/C20H21Cl2F3N4O4/c21-13-10-15-16(11-14(13)22)29(19(32)28(15)9-8-26-5-1-2-17(26)30)12-3-6-27(7-4-12)33-18(31)20(23,24)25/h10-12H,1-9H2. The molecule has 0 saturated carbocycles. The Labute approximate surface area is 196 Å². The van der Waals surface area contributed by atoms with Gasteiger partial charge in [0.25, 0.3) is 0 Å². The van der Waals surface area contributed by atoms with E-state index in [9.17, 15) is 27.6 Å². The van der Waals surface area contributed by atoms with E-state index in [0.717, 1.165) is 11.5 Å². The number of fused-ring (bicyclic) bond motifs is 1. The lowest BCUT2D eigenvalue weighted by molar-refractivity contribution is -0.242. The van der Waals surface area contributed by atoms with Gasteiger partial charge in [0.05, 0.1) is 21.1 Å². The highest BCUT2D eigenvalue weighted by Crippen LogP contribution is 2.32. The fraction of sp³-hybridized carbons (Fsp3) is 0.550. The predicted molar refractivity (Wildman–Crippen MR) is 114 cm³/mol. The monoisotopic (exact) mass is 508 g/mol. The molecule has 0 N–H and O–H groups in total. The summed E-state index contributed by atoms with van der Waals surface area (Å²) in [4.78, 5) is 42.5. The van der Waals surface area contributed by atoms with Crippen molar-refractivity contribution in [2.45, 2.75) is 44.4 Å². The van der Waals surface area contributed by atoms with Gasteiger partial charge in [0.1, 0.15) is 0 Å². The molecule has 2 aliphatic heterocycles. The summed E-state index contributed by atoms with van der Waals surface area (Å²) >= 11 is 12.4. The van der Waals surface area contributed by atoms with Gasteiger partial charge in [-0.3, -0.25) is 13.9 Å². The zero-order chi connectivity index (χ0) is 23.9. The molecule has 1 amide bonds. The van der Waals surface area contributed by atoms with Crippen molar-refractivity contribution in [1.29, 1.82) is 0 Å². The number of piperidine rings is 1. The number of hydrogen-bond acceptors (Lipinski definition) is 5. The number of alkyl halides is 3. The SMILES string of the molecule is O=C1CCCN1CCn1c(=O)n(C2CCN(OC(=O)C(F)(F)F)CC2)c2cc(Cl)c(Cl)cc21. The molecule has 0 bridgehead atoms. The van der Waals surface area contributed by atoms with Crippen LogP contribution in [0.4, 0.5) is 13.2 Å². The summed E-state index contributed by atoms with van der Waals surface area (Å²) in [5, 5.41) is 1.50. The number of amides is 1. The Morgan fingerprint density at radius 2 is 1.67 bits per heavy atom. The number of nitrogens with zero attached hydrogens (tertiary/aromatic N) is 4. The Balaban J connectivity index is 1.58. The van der Waals surface area contributed by atoms with E-state index in [1.807, 2.05) is 0 Å². The van der Waals surface area contributed by atoms with Crippen LogP contribution in [0.25, 0.3) is 11.0 Å². The van der Waals surface area contributed by atoms with Crippen LogP contribution in [0.5, 0.6) is 0 Å². The Hall–Kier alpha value is -2.24. The quantitative estimate of drug-likeness (QED) is 0.618. The van der Waals surface area contributed by atoms with Crippen molar-refractivity contribution in [1.82, 2.24) is 19.1 Å². The van der Waals surface area contributed by atoms with Gasteiger partial charge in [-0.05, 0) is 31.4 Å². The maximum Gasteiger partial charge on any atom is 0.492 e. The van der Waals surface area contributed by atoms with Gasteiger partial charge < -0.3 is 9.74 Å². The number of likely N-dealkylation sites (tertiary alicyclic amines) is 1. The van der Waals surface area contributed by atoms with Crippen molar-refractivity contribution < 1.29 is 27.6 Å². The molecule has 2 saturated heterocycles. The summed E-state index contributed by atoms with van der Waals surface area (Å²) in [5.41, 5.74) is 0.792. The highest BCUT2D eigenvalue weighted by Gasteiger charge is 2.43. The molecule has 0 atom stereocenters. The van der Waals surface area contributed by atoms with E-state index in [1.165, 1.54) is 0 Å². The highest BCUT2D eigenvalue weighted by molar-refractivity contribution is 6.42. The minimum Gasteiger partial charge on any atom is -0.361 e. The van der Waals surface area contributed by atoms with Crippen molar-refractivity contribution in [3.8, 4) is 0 Å². The molecule has 8 nitrogen and oxygen atoms in total. The van der Waals surface area contributed by atoms with E-state index in [4.69, 9.17) is 23.2 Å². The Bertz CT molecular complexity index is 1140. The van der Waals surface area contributed by atoms with Crippen LogP contribution in [0.1, 0.15) is 31.7 Å². The number of carbonyl (C=O) groups is 2. The van der Waals surface area contributed by atoms with Gasteiger partial charge in [0, 0.05) is 45.2 Å². The fourth-order valence-corrected chi connectivity index (χ4v) is 4.68. The largest absolute Gasteiger partial charge is 0.492 e. The van der Waals surface area contributed by atoms with Crippen LogP contribution in [-0.4, -0.2) is 63.3 Å². The second-order valence-corrected chi connectivity index (χ2v) is 8.89. The molecular weight excluding hydrogens is 488 g/mol. The van der Waals surface area contributed by atoms with E-state index in [2.05, 4.69) is 4.84 Å². The topological polar surface area (TPSA) is 76.8 Å². The summed E-state index contributed by atoms with van der Waals surface area (Å²) < 4.78 is 40.5. The number of hydroxylamine groups is 2. The lowest BCUT2D eigenvalue weighted by atomic mass is 10.1. The molecule has 2 aromatic rings. The van der Waals surface area contributed by atoms with Crippen LogP contribution in [-0.2, 0) is 21.0 Å². The zero-order valence-corrected chi connectivity index (χ0v) is 18.9. The Morgan fingerprint density at radius 1 is 1.03 bits per heavy atom. The molecule has 33 heavy (non-hydrogen) atoms. The van der Waals surface area contributed by atoms with Crippen LogP contribution in [0, 0.1) is 0 Å². The van der Waals surface area contributed by atoms with Gasteiger partial charge in [-0.2, -0.15) is 13.2 Å². The van der Waals surface area contributed by atoms with E-state index in [1.54, 1.807) is 26.2 Å². The molecule has 1 aromatic heterocycles. The van der Waals surface area contributed by atoms with Gasteiger partial charge >= 0.3 is 17.8 Å². The third kappa shape index (κ3) is 4.85. The number of aromatic nitrogens is 2. The first kappa shape index (κ1) is 23.9. The van der Waals surface area contributed by atoms with E-state index in [0.29, 0.717) is 30.5 Å². The number of carbonyl (C=O) groups excluding carboxylic acids is 2. The molecule has 2 fully saturated rings. The van der Waals surface area contributed by atoms with Crippen LogP contribution in [0.15, 0.2) is 16.9 Å². The van der Waals surface area contributed by atoms with Crippen LogP contribution >= 0.6 is 23.2 Å². The molecule has 0 unspecified atom stereocenters. The number of hydrogen-bond donors (Lipinski definition) is 0. The van der Waals surface area contributed by atoms with Crippen LogP contribution in [0.2, 0.25) is 10.0 Å². The van der Waals surface area contributed by atoms with Gasteiger partial charge in [-0.1, -0.05) is 23.2 Å². The van der Waals surface area contributed by atoms with E-state index in [-0.39, 0.29) is 60.2 Å². The van der Waals surface area contributed by atoms with Crippen molar-refractivity contribution >= 4 is 46.1 Å². The van der Waals surface area contributed by atoms with Crippen LogP contribution in [0.3, 0.4) is 0 Å². The maximum absolute atomic E-state index is 13.4. The Morgan fingerprint density at radius 3 is 2.24 bits per heavy atom. The smallest absolute Gasteiger partial charge is 0.361 e. The first-order valence-corrected chi connectivity index (χ1v) is 11.2. The summed E-state index contributed by atoms with van der Waals surface area (Å²) in [6.07, 6.45) is -3.22. The number of benzene rings is 1. The van der Waals surface area contributed by atoms with Crippen molar-refractivity contribution in [2.24, 2.45) is 0 Å². The predicted octanol–water partition coefficient (Wildman–Crippen LogP) is 3.39. The number of imidazole rings is 1. The molecular formula is C20H21Cl2F3N4O4. The van der Waals surface area contributed by atoms with Crippen molar-refractivity contribution in [3.05, 3.63) is 32.7 Å². The third-order valence-electron chi connectivity index (χ3n) is 6.00. The second-order valence-electron chi connectivity index (χ2n) is 8.08. The Kier molecular flexibility index (Phi) is 6.66. The summed E-state index contributed by atoms with van der Waals surface area (Å²) in [6, 6.07) is 2.85. The summed E-state index contributed by atoms with van der Waals surface area (Å²) in [7, 11) is 0. The second kappa shape index (κ2) is 9.19. The minimum absolute atomic E-state index is 0.0369. The van der Waals surface area contributed by atoms with E-state index < -0.39 is 12.1 Å². The average Bonchev–Trinajstić information content (AvgIpc) is 3.27. The highest BCUT2D eigenvalue weighted by atomic mass is 35.5. The average molecular weight is 509 g/mol. The minimum atomic E-state index is -5.08. The van der Waals surface area contributed by atoms with Gasteiger partial charge in [-0.15, -0.1) is 5.06 Å². The van der Waals surface area contributed by atoms with Crippen molar-refractivity contribution in [2.75, 3.05) is 26.2 Å². The molecule has 0 spiro atoms. The maximum atomic E-state index is 13.4. The zero-order valence-electron chi connectivity index (χ0n) is 17.4. The summed E-state index contributed by atoms with van der Waals surface area (Å²) in [6.45, 7) is 1.37. The fourth-order valence-electron chi connectivity index (χ4n) is 4.36. The molecule has 4 rings (SSSR count). The van der Waals surface area contributed by atoms with Crippen LogP contribution < -0.4 is 5.69 Å². The lowest BCUT2D eigenvalue weighted by Crippen LogP contribution is -2.41. The van der Waals surface area contributed by atoms with Gasteiger partial charge in [0.2, 0.25) is 5.91 Å². The van der Waals surface area contributed by atoms with Gasteiger partial charge in [-0.25, -0.2) is 9.59 Å². The molecule has 13 heteroatoms. The number of rotatable bonds is 5. The molecule has 0 aliphatic carbocycles. The molecule has 0 radical (unpaired) electrons. The first-order valence-electron chi connectivity index (χ1n) is 10.5. The lowest BCUT2D eigenvalue weighted by Gasteiger charge is -2.31. The molecule has 2 aliphatic rings. The molecule has 180 valence electrons. The first-order chi connectivity index (χ1) is 15.6.